The predicted molar refractivity (Wildman–Crippen MR) is 217 cm³/mol. The molecule has 3 aliphatic rings. The van der Waals surface area contributed by atoms with Gasteiger partial charge in [-0.25, -0.2) is 0 Å². The average molecular weight is 664 g/mol. The van der Waals surface area contributed by atoms with Gasteiger partial charge >= 0.3 is 0 Å². The Kier molecular flexibility index (Phi) is 6.80. The molecule has 0 saturated heterocycles. The summed E-state index contributed by atoms with van der Waals surface area (Å²) in [6.07, 6.45) is 2.40. The highest BCUT2D eigenvalue weighted by molar-refractivity contribution is 6.00. The predicted octanol–water partition coefficient (Wildman–Crippen LogP) is 13.8. The molecule has 0 aliphatic heterocycles. The molecule has 1 heteroatoms. The molecular formula is C50H49N. The number of anilines is 3. The van der Waals surface area contributed by atoms with Crippen LogP contribution in [-0.2, 0) is 21.7 Å². The second-order valence-electron chi connectivity index (χ2n) is 17.7. The number of nitrogens with zero attached hydrogens (tertiary/aromatic N) is 1. The van der Waals surface area contributed by atoms with Gasteiger partial charge in [0.2, 0.25) is 0 Å². The van der Waals surface area contributed by atoms with Crippen LogP contribution < -0.4 is 4.90 Å². The van der Waals surface area contributed by atoms with Crippen molar-refractivity contribution in [3.8, 4) is 33.4 Å². The van der Waals surface area contributed by atoms with Crippen molar-refractivity contribution >= 4 is 17.1 Å². The minimum absolute atomic E-state index is 0.0917. The monoisotopic (exact) mass is 663 g/mol. The van der Waals surface area contributed by atoms with E-state index >= 15 is 0 Å². The summed E-state index contributed by atoms with van der Waals surface area (Å²) >= 11 is 0. The van der Waals surface area contributed by atoms with Crippen LogP contribution in [-0.4, -0.2) is 0 Å². The van der Waals surface area contributed by atoms with Gasteiger partial charge in [0.25, 0.3) is 0 Å². The van der Waals surface area contributed by atoms with Gasteiger partial charge in [-0.1, -0.05) is 152 Å². The molecule has 0 bridgehead atoms. The molecule has 0 aromatic heterocycles. The molecule has 3 aliphatic carbocycles. The zero-order valence-corrected chi connectivity index (χ0v) is 31.5. The second-order valence-corrected chi connectivity index (χ2v) is 17.7. The lowest BCUT2D eigenvalue weighted by molar-refractivity contribution is 0.332. The third kappa shape index (κ3) is 4.60. The number of hydrogen-bond donors (Lipinski definition) is 0. The van der Waals surface area contributed by atoms with Gasteiger partial charge in [-0.3, -0.25) is 0 Å². The van der Waals surface area contributed by atoms with E-state index in [0.717, 1.165) is 0 Å². The van der Waals surface area contributed by atoms with Crippen LogP contribution in [0.25, 0.3) is 33.4 Å². The Morgan fingerprint density at radius 3 is 1.71 bits per heavy atom. The Bertz CT molecular complexity index is 2370. The number of hydrogen-bond acceptors (Lipinski definition) is 1. The van der Waals surface area contributed by atoms with E-state index in [9.17, 15) is 0 Å². The zero-order valence-electron chi connectivity index (χ0n) is 31.5. The van der Waals surface area contributed by atoms with Crippen LogP contribution in [0.3, 0.4) is 0 Å². The minimum atomic E-state index is -0.128. The van der Waals surface area contributed by atoms with Gasteiger partial charge in [0.15, 0.2) is 0 Å². The van der Waals surface area contributed by atoms with E-state index in [1.807, 2.05) is 0 Å². The molecule has 6 aromatic carbocycles. The first-order chi connectivity index (χ1) is 24.3. The van der Waals surface area contributed by atoms with Crippen LogP contribution in [0.1, 0.15) is 102 Å². The Morgan fingerprint density at radius 1 is 0.392 bits per heavy atom. The van der Waals surface area contributed by atoms with Gasteiger partial charge in [-0.2, -0.15) is 0 Å². The summed E-state index contributed by atoms with van der Waals surface area (Å²) in [5.74, 6) is 0. The average Bonchev–Trinajstić information content (AvgIpc) is 3.50. The summed E-state index contributed by atoms with van der Waals surface area (Å²) in [5, 5.41) is 0. The van der Waals surface area contributed by atoms with Gasteiger partial charge in [-0.15, -0.1) is 0 Å². The molecule has 1 nitrogen and oxygen atoms in total. The first-order valence-corrected chi connectivity index (χ1v) is 18.8. The van der Waals surface area contributed by atoms with Crippen molar-refractivity contribution in [2.75, 3.05) is 4.90 Å². The zero-order chi connectivity index (χ0) is 35.5. The van der Waals surface area contributed by atoms with Crippen LogP contribution in [0.2, 0.25) is 0 Å². The van der Waals surface area contributed by atoms with Crippen LogP contribution in [0.15, 0.2) is 127 Å². The third-order valence-electron chi connectivity index (χ3n) is 12.9. The number of rotatable bonds is 4. The maximum Gasteiger partial charge on any atom is 0.0543 e. The summed E-state index contributed by atoms with van der Waals surface area (Å²) in [5.41, 5.74) is 20.2. The van der Waals surface area contributed by atoms with Crippen molar-refractivity contribution in [2.24, 2.45) is 0 Å². The van der Waals surface area contributed by atoms with Crippen LogP contribution >= 0.6 is 0 Å². The van der Waals surface area contributed by atoms with Crippen LogP contribution in [0, 0.1) is 0 Å². The van der Waals surface area contributed by atoms with E-state index < -0.39 is 0 Å². The SMILES string of the molecule is CC1(C)CCC(C)(C)c2cc(-c3cc4c(cc3N(c3ccccc3)c3cccc5c3-c3ccccc3C5(C)C)C(C)(C)c3ccccc3-4)ccc21. The van der Waals surface area contributed by atoms with Gasteiger partial charge in [-0.05, 0) is 110 Å². The summed E-state index contributed by atoms with van der Waals surface area (Å²) < 4.78 is 0. The van der Waals surface area contributed by atoms with E-state index in [2.05, 4.69) is 188 Å². The maximum atomic E-state index is 2.57. The molecule has 51 heavy (non-hydrogen) atoms. The summed E-state index contributed by atoms with van der Waals surface area (Å²) in [6, 6.07) is 48.6. The van der Waals surface area contributed by atoms with Crippen molar-refractivity contribution in [3.63, 3.8) is 0 Å². The van der Waals surface area contributed by atoms with Crippen LogP contribution in [0.5, 0.6) is 0 Å². The van der Waals surface area contributed by atoms with Gasteiger partial charge in [0, 0.05) is 27.6 Å². The van der Waals surface area contributed by atoms with Crippen molar-refractivity contribution in [2.45, 2.75) is 89.9 Å². The van der Waals surface area contributed by atoms with E-state index in [1.54, 1.807) is 0 Å². The largest absolute Gasteiger partial charge is 0.309 e. The molecule has 254 valence electrons. The highest BCUT2D eigenvalue weighted by Gasteiger charge is 2.41. The molecule has 0 heterocycles. The van der Waals surface area contributed by atoms with Crippen molar-refractivity contribution in [3.05, 3.63) is 161 Å². The fourth-order valence-electron chi connectivity index (χ4n) is 9.82. The molecule has 0 radical (unpaired) electrons. The highest BCUT2D eigenvalue weighted by Crippen LogP contribution is 2.58. The lowest BCUT2D eigenvalue weighted by Gasteiger charge is -2.42. The van der Waals surface area contributed by atoms with Crippen molar-refractivity contribution < 1.29 is 0 Å². The lowest BCUT2D eigenvalue weighted by atomic mass is 9.63. The van der Waals surface area contributed by atoms with Crippen molar-refractivity contribution in [1.29, 1.82) is 0 Å². The molecule has 0 amide bonds. The Labute approximate surface area is 305 Å². The first kappa shape index (κ1) is 32.1. The maximum absolute atomic E-state index is 2.57. The topological polar surface area (TPSA) is 3.24 Å². The number of fused-ring (bicyclic) bond motifs is 7. The quantitative estimate of drug-likeness (QED) is 0.181. The molecule has 9 rings (SSSR count). The summed E-state index contributed by atoms with van der Waals surface area (Å²) in [7, 11) is 0. The standard InChI is InChI=1S/C50H49N/c1-47(2)27-28-48(3,4)43-29-32(25-26-40(43)47)36-30-37-34-19-12-14-21-38(34)50(7,8)42(37)31-45(36)51(33-17-10-9-11-18-33)44-24-16-23-41-46(44)35-20-13-15-22-39(35)49(41,5)6/h9-26,29-31H,27-28H2,1-8H3. The molecule has 0 fully saturated rings. The molecular weight excluding hydrogens is 615 g/mol. The summed E-state index contributed by atoms with van der Waals surface area (Å²) in [4.78, 5) is 2.57. The highest BCUT2D eigenvalue weighted by atomic mass is 15.1. The van der Waals surface area contributed by atoms with E-state index in [4.69, 9.17) is 0 Å². The molecule has 0 atom stereocenters. The molecule has 6 aromatic rings. The lowest BCUT2D eigenvalue weighted by Crippen LogP contribution is -2.33. The minimum Gasteiger partial charge on any atom is -0.309 e. The van der Waals surface area contributed by atoms with E-state index in [0.29, 0.717) is 0 Å². The third-order valence-corrected chi connectivity index (χ3v) is 12.9. The van der Waals surface area contributed by atoms with Gasteiger partial charge < -0.3 is 4.90 Å². The number of para-hydroxylation sites is 1. The smallest absolute Gasteiger partial charge is 0.0543 e. The van der Waals surface area contributed by atoms with E-state index in [1.165, 1.54) is 96.7 Å². The van der Waals surface area contributed by atoms with Gasteiger partial charge in [0.05, 0.1) is 11.4 Å². The Balaban J connectivity index is 1.38. The second kappa shape index (κ2) is 10.8. The normalized spacial score (nSPS) is 17.9. The van der Waals surface area contributed by atoms with Crippen LogP contribution in [0.4, 0.5) is 17.1 Å². The Hall–Kier alpha value is -4.88. The molecule has 0 saturated carbocycles. The fraction of sp³-hybridized carbons (Fsp3) is 0.280. The van der Waals surface area contributed by atoms with Gasteiger partial charge in [0.1, 0.15) is 0 Å². The number of benzene rings is 6. The fourth-order valence-corrected chi connectivity index (χ4v) is 9.82. The molecule has 0 unspecified atom stereocenters. The van der Waals surface area contributed by atoms with E-state index in [-0.39, 0.29) is 21.7 Å². The first-order valence-electron chi connectivity index (χ1n) is 18.8. The Morgan fingerprint density at radius 2 is 0.980 bits per heavy atom. The molecule has 0 spiro atoms. The van der Waals surface area contributed by atoms with Crippen molar-refractivity contribution in [1.82, 2.24) is 0 Å². The summed E-state index contributed by atoms with van der Waals surface area (Å²) in [6.45, 7) is 19.3. The molecule has 0 N–H and O–H groups in total.